The summed E-state index contributed by atoms with van der Waals surface area (Å²) in [4.78, 5) is 18.0. The number of nitrogens with one attached hydrogen (secondary N) is 1. The van der Waals surface area contributed by atoms with Crippen LogP contribution in [0, 0.1) is 9.39 Å². The minimum atomic E-state index is -4.81. The van der Waals surface area contributed by atoms with Crippen molar-refractivity contribution in [2.24, 2.45) is 0 Å². The zero-order valence-electron chi connectivity index (χ0n) is 16.4. The third-order valence-electron chi connectivity index (χ3n) is 4.63. The lowest BCUT2D eigenvalue weighted by atomic mass is 10.0. The second kappa shape index (κ2) is 10.0. The first-order chi connectivity index (χ1) is 15.1. The molecule has 3 rings (SSSR count). The molecule has 0 spiro atoms. The Bertz CT molecular complexity index is 1030. The number of carbonyl (C=O) groups excluding carboxylic acids is 1. The molecule has 0 saturated carbocycles. The summed E-state index contributed by atoms with van der Waals surface area (Å²) in [5, 5.41) is 21.1. The molecule has 1 aromatic heterocycles. The Morgan fingerprint density at radius 2 is 2.09 bits per heavy atom. The molecule has 1 aliphatic heterocycles. The molecule has 1 atom stereocenters. The number of carbonyl (C=O) groups is 1. The normalized spacial score (nSPS) is 15.2. The number of aliphatic hydroxyl groups is 2. The fourth-order valence-electron chi connectivity index (χ4n) is 3.03. The highest BCUT2D eigenvalue weighted by atomic mass is 127. The van der Waals surface area contributed by atoms with Crippen LogP contribution in [-0.2, 0) is 0 Å². The van der Waals surface area contributed by atoms with Crippen LogP contribution in [-0.4, -0.2) is 52.2 Å². The van der Waals surface area contributed by atoms with Crippen LogP contribution in [0.4, 0.5) is 28.0 Å². The molecular formula is C20H18F4IN3O4. The van der Waals surface area contributed by atoms with E-state index in [9.17, 15) is 27.5 Å². The number of rotatable bonds is 5. The van der Waals surface area contributed by atoms with Crippen LogP contribution >= 0.6 is 22.6 Å². The molecule has 32 heavy (non-hydrogen) atoms. The maximum absolute atomic E-state index is 14.4. The molecule has 1 aliphatic rings. The van der Waals surface area contributed by atoms with Gasteiger partial charge in [0.1, 0.15) is 23.4 Å². The number of urea groups is 1. The number of hydrogen-bond donors (Lipinski definition) is 3. The minimum Gasteiger partial charge on any atom is -0.405 e. The molecule has 1 aromatic carbocycles. The second-order valence-corrected chi connectivity index (χ2v) is 8.01. The molecule has 2 heterocycles. The number of benzene rings is 1. The van der Waals surface area contributed by atoms with Crippen LogP contribution in [0.25, 0.3) is 5.57 Å². The van der Waals surface area contributed by atoms with Crippen molar-refractivity contribution in [1.29, 1.82) is 0 Å². The molecule has 172 valence electrons. The number of ether oxygens (including phenoxy) is 1. The monoisotopic (exact) mass is 567 g/mol. The molecule has 12 heteroatoms. The molecule has 0 aliphatic carbocycles. The number of alkyl halides is 3. The van der Waals surface area contributed by atoms with E-state index in [1.807, 2.05) is 0 Å². The van der Waals surface area contributed by atoms with E-state index in [0.717, 1.165) is 12.1 Å². The summed E-state index contributed by atoms with van der Waals surface area (Å²) < 4.78 is 55.6. The van der Waals surface area contributed by atoms with Crippen molar-refractivity contribution in [3.63, 3.8) is 0 Å². The second-order valence-electron chi connectivity index (χ2n) is 6.85. The highest BCUT2D eigenvalue weighted by Crippen LogP contribution is 2.30. The Morgan fingerprint density at radius 3 is 2.66 bits per heavy atom. The van der Waals surface area contributed by atoms with Crippen LogP contribution in [0.5, 0.6) is 5.75 Å². The van der Waals surface area contributed by atoms with Crippen molar-refractivity contribution in [3.8, 4) is 5.75 Å². The summed E-state index contributed by atoms with van der Waals surface area (Å²) in [5.41, 5.74) is 1.16. The van der Waals surface area contributed by atoms with E-state index in [4.69, 9.17) is 5.11 Å². The number of nitrogens with zero attached hydrogens (tertiary/aromatic N) is 2. The van der Waals surface area contributed by atoms with Gasteiger partial charge in [-0.15, -0.1) is 13.2 Å². The molecule has 7 nitrogen and oxygen atoms in total. The Balaban J connectivity index is 1.63. The van der Waals surface area contributed by atoms with Crippen LogP contribution in [0.15, 0.2) is 36.5 Å². The number of anilines is 1. The minimum absolute atomic E-state index is 0.105. The molecule has 0 saturated heterocycles. The summed E-state index contributed by atoms with van der Waals surface area (Å²) in [6.07, 6.45) is -2.76. The van der Waals surface area contributed by atoms with E-state index in [1.165, 1.54) is 23.2 Å². The van der Waals surface area contributed by atoms with E-state index in [0.29, 0.717) is 17.7 Å². The molecule has 2 amide bonds. The third kappa shape index (κ3) is 6.07. The lowest BCUT2D eigenvalue weighted by Crippen LogP contribution is -2.38. The molecule has 0 bridgehead atoms. The van der Waals surface area contributed by atoms with Gasteiger partial charge in [-0.1, -0.05) is 6.08 Å². The van der Waals surface area contributed by atoms with Gasteiger partial charge >= 0.3 is 12.4 Å². The molecule has 2 aromatic rings. The van der Waals surface area contributed by atoms with Gasteiger partial charge in [0.05, 0.1) is 10.2 Å². The van der Waals surface area contributed by atoms with E-state index in [-0.39, 0.29) is 33.7 Å². The molecular weight excluding hydrogens is 549 g/mol. The lowest BCUT2D eigenvalue weighted by Gasteiger charge is -2.27. The van der Waals surface area contributed by atoms with Crippen molar-refractivity contribution in [3.05, 3.63) is 57.2 Å². The Morgan fingerprint density at radius 1 is 1.34 bits per heavy atom. The van der Waals surface area contributed by atoms with Crippen LogP contribution in [0.3, 0.4) is 0 Å². The zero-order chi connectivity index (χ0) is 23.5. The quantitative estimate of drug-likeness (QED) is 0.374. The number of aromatic nitrogens is 1. The molecule has 0 fully saturated rings. The van der Waals surface area contributed by atoms with Gasteiger partial charge in [-0.2, -0.15) is 0 Å². The topological polar surface area (TPSA) is 94.9 Å². The fourth-order valence-corrected chi connectivity index (χ4v) is 3.66. The summed E-state index contributed by atoms with van der Waals surface area (Å²) in [5.74, 6) is -1.01. The van der Waals surface area contributed by atoms with Crippen molar-refractivity contribution in [2.45, 2.75) is 18.9 Å². The van der Waals surface area contributed by atoms with Gasteiger partial charge in [-0.25, -0.2) is 9.18 Å². The van der Waals surface area contributed by atoms with Gasteiger partial charge in [0.2, 0.25) is 0 Å². The van der Waals surface area contributed by atoms with Crippen LogP contribution in [0.1, 0.15) is 23.8 Å². The average molecular weight is 567 g/mol. The van der Waals surface area contributed by atoms with Gasteiger partial charge in [-0.3, -0.25) is 4.98 Å². The summed E-state index contributed by atoms with van der Waals surface area (Å²) in [7, 11) is 0. The van der Waals surface area contributed by atoms with Crippen molar-refractivity contribution < 1.29 is 37.3 Å². The zero-order valence-corrected chi connectivity index (χ0v) is 18.5. The predicted molar refractivity (Wildman–Crippen MR) is 115 cm³/mol. The van der Waals surface area contributed by atoms with E-state index in [2.05, 4.69) is 15.0 Å². The Labute approximate surface area is 193 Å². The number of amides is 2. The first-order valence-corrected chi connectivity index (χ1v) is 10.4. The SMILES string of the molecule is O=C(Nc1ccc(OC(F)(F)F)c(I)c1)N1CC=C(c2ncc([C@H](O)CO)cc2F)CC1. The van der Waals surface area contributed by atoms with Crippen molar-refractivity contribution in [1.82, 2.24) is 9.88 Å². The number of halogens is 5. The van der Waals surface area contributed by atoms with Crippen molar-refractivity contribution in [2.75, 3.05) is 25.0 Å². The maximum Gasteiger partial charge on any atom is 0.573 e. The highest BCUT2D eigenvalue weighted by Gasteiger charge is 2.32. The van der Waals surface area contributed by atoms with Gasteiger partial charge in [-0.05, 0) is 58.9 Å². The van der Waals surface area contributed by atoms with E-state index >= 15 is 0 Å². The third-order valence-corrected chi connectivity index (χ3v) is 5.47. The first kappa shape index (κ1) is 24.2. The smallest absolute Gasteiger partial charge is 0.405 e. The van der Waals surface area contributed by atoms with Crippen LogP contribution in [0.2, 0.25) is 0 Å². The summed E-state index contributed by atoms with van der Waals surface area (Å²) >= 11 is 1.68. The van der Waals surface area contributed by atoms with Crippen molar-refractivity contribution >= 4 is 39.9 Å². The highest BCUT2D eigenvalue weighted by molar-refractivity contribution is 14.1. The van der Waals surface area contributed by atoms with E-state index in [1.54, 1.807) is 28.7 Å². The van der Waals surface area contributed by atoms with Gasteiger partial charge < -0.3 is 25.2 Å². The van der Waals surface area contributed by atoms with E-state index < -0.39 is 30.9 Å². The lowest BCUT2D eigenvalue weighted by molar-refractivity contribution is -0.274. The molecule has 3 N–H and O–H groups in total. The number of hydrogen-bond acceptors (Lipinski definition) is 5. The number of pyridine rings is 1. The van der Waals surface area contributed by atoms with Gasteiger partial charge in [0.15, 0.2) is 0 Å². The maximum atomic E-state index is 14.4. The van der Waals surface area contributed by atoms with Gasteiger partial charge in [0, 0.05) is 30.5 Å². The average Bonchev–Trinajstić information content (AvgIpc) is 2.74. The van der Waals surface area contributed by atoms with Crippen LogP contribution < -0.4 is 10.1 Å². The first-order valence-electron chi connectivity index (χ1n) is 9.32. The molecule has 0 radical (unpaired) electrons. The predicted octanol–water partition coefficient (Wildman–Crippen LogP) is 4.07. The number of aliphatic hydroxyl groups excluding tert-OH is 2. The summed E-state index contributed by atoms with van der Waals surface area (Å²) in [6.45, 7) is -0.105. The Kier molecular flexibility index (Phi) is 7.56. The standard InChI is InChI=1S/C20H18F4IN3O4/c21-14-7-12(16(30)10-29)9-26-18(14)11-3-5-28(6-4-11)19(31)27-13-1-2-17(15(25)8-13)32-20(22,23)24/h1-3,7-9,16,29-30H,4-6,10H2,(H,27,31)/t16-/m1/s1. The fraction of sp³-hybridized carbons (Fsp3) is 0.300. The largest absolute Gasteiger partial charge is 0.573 e. The molecule has 0 unspecified atom stereocenters. The summed E-state index contributed by atoms with van der Waals surface area (Å²) in [6, 6.07) is 4.41. The van der Waals surface area contributed by atoms with Gasteiger partial charge in [0.25, 0.3) is 0 Å². The Hall–Kier alpha value is -2.45.